The van der Waals surface area contributed by atoms with Crippen LogP contribution in [0.4, 0.5) is 17.5 Å². The summed E-state index contributed by atoms with van der Waals surface area (Å²) in [6.07, 6.45) is 6.43. The zero-order valence-electron chi connectivity index (χ0n) is 16.2. The Kier molecular flexibility index (Phi) is 4.41. The molecule has 4 unspecified atom stereocenters. The summed E-state index contributed by atoms with van der Waals surface area (Å²) in [4.78, 5) is 28.0. The van der Waals surface area contributed by atoms with Crippen LogP contribution in [0, 0.1) is 17.8 Å². The van der Waals surface area contributed by atoms with E-state index >= 15 is 0 Å². The largest absolute Gasteiger partial charge is 0.369 e. The highest BCUT2D eigenvalue weighted by molar-refractivity contribution is 7.89. The van der Waals surface area contributed by atoms with Gasteiger partial charge in [0.25, 0.3) is 0 Å². The maximum absolute atomic E-state index is 12.1. The fourth-order valence-electron chi connectivity index (χ4n) is 4.45. The number of H-pyrrole nitrogens is 1. The van der Waals surface area contributed by atoms with Gasteiger partial charge in [0.05, 0.1) is 10.8 Å². The number of nitrogens with zero attached hydrogens (tertiary/aromatic N) is 3. The van der Waals surface area contributed by atoms with Crippen molar-refractivity contribution < 1.29 is 13.2 Å². The molecule has 2 heterocycles. The molecule has 5 rings (SSSR count). The number of anilines is 3. The molecule has 7 N–H and O–H groups in total. The number of fused-ring (bicyclic) bond motifs is 3. The molecule has 1 amide bonds. The van der Waals surface area contributed by atoms with Gasteiger partial charge in [-0.15, -0.1) is 0 Å². The minimum Gasteiger partial charge on any atom is -0.369 e. The second-order valence-electron chi connectivity index (χ2n) is 7.75. The Labute approximate surface area is 177 Å². The maximum Gasteiger partial charge on any atom is 0.238 e. The lowest BCUT2D eigenvalue weighted by atomic mass is 9.88. The topological polar surface area (TPSA) is 182 Å². The molecule has 0 radical (unpaired) electrons. The fraction of sp³-hybridized carbons (Fsp3) is 0.263. The summed E-state index contributed by atoms with van der Waals surface area (Å²) in [6, 6.07) is 5.89. The van der Waals surface area contributed by atoms with Crippen LogP contribution < -0.4 is 21.5 Å². The van der Waals surface area contributed by atoms with E-state index < -0.39 is 10.0 Å². The smallest absolute Gasteiger partial charge is 0.238 e. The molecule has 0 spiro atoms. The summed E-state index contributed by atoms with van der Waals surface area (Å²) in [5, 5.41) is 11.6. The third kappa shape index (κ3) is 3.49. The van der Waals surface area contributed by atoms with Crippen molar-refractivity contribution in [2.24, 2.45) is 28.6 Å². The van der Waals surface area contributed by atoms with Gasteiger partial charge < -0.3 is 21.4 Å². The lowest BCUT2D eigenvalue weighted by Crippen LogP contribution is -2.41. The Morgan fingerprint density at radius 1 is 1.19 bits per heavy atom. The van der Waals surface area contributed by atoms with E-state index in [1.807, 2.05) is 0 Å². The van der Waals surface area contributed by atoms with Gasteiger partial charge in [-0.2, -0.15) is 4.98 Å². The first-order valence-electron chi connectivity index (χ1n) is 9.64. The molecular formula is C19H20N8O3S. The number of benzene rings is 1. The number of aromatic amines is 1. The van der Waals surface area contributed by atoms with Crippen molar-refractivity contribution in [3.63, 3.8) is 0 Å². The number of hydrogen-bond acceptors (Lipinski definition) is 8. The summed E-state index contributed by atoms with van der Waals surface area (Å²) in [7, 11) is -3.84. The van der Waals surface area contributed by atoms with Crippen molar-refractivity contribution in [3.8, 4) is 11.5 Å². The highest BCUT2D eigenvalue weighted by Gasteiger charge is 2.47. The molecule has 0 saturated heterocycles. The summed E-state index contributed by atoms with van der Waals surface area (Å²) >= 11 is 0. The number of sulfonamides is 1. The van der Waals surface area contributed by atoms with Crippen LogP contribution in [0.3, 0.4) is 0 Å². The van der Waals surface area contributed by atoms with Crippen LogP contribution in [0.25, 0.3) is 11.5 Å². The summed E-state index contributed by atoms with van der Waals surface area (Å²) < 4.78 is 23.3. The van der Waals surface area contributed by atoms with E-state index in [1.54, 1.807) is 12.1 Å². The van der Waals surface area contributed by atoms with Crippen LogP contribution in [0.15, 0.2) is 47.6 Å². The molecule has 12 heteroatoms. The second kappa shape index (κ2) is 7.03. The Morgan fingerprint density at radius 3 is 2.77 bits per heavy atom. The summed E-state index contributed by atoms with van der Waals surface area (Å²) in [5.74, 6) is 0.900. The molecule has 0 aromatic heterocycles. The Balaban J connectivity index is 1.48. The number of allylic oxidation sites excluding steroid dienone is 1. The molecule has 2 aliphatic heterocycles. The van der Waals surface area contributed by atoms with Crippen molar-refractivity contribution in [1.82, 2.24) is 19.9 Å². The molecule has 31 heavy (non-hydrogen) atoms. The molecule has 4 aliphatic rings. The van der Waals surface area contributed by atoms with E-state index in [0.717, 1.165) is 6.42 Å². The highest BCUT2D eigenvalue weighted by atomic mass is 32.2. The molecule has 1 aromatic rings. The molecule has 1 saturated carbocycles. The number of aromatic nitrogens is 4. The highest BCUT2D eigenvalue weighted by Crippen LogP contribution is 2.45. The van der Waals surface area contributed by atoms with Gasteiger partial charge in [-0.1, -0.05) is 18.2 Å². The van der Waals surface area contributed by atoms with Crippen molar-refractivity contribution in [1.29, 1.82) is 0 Å². The predicted molar refractivity (Wildman–Crippen MR) is 113 cm³/mol. The normalized spacial score (nSPS) is 24.5. The Morgan fingerprint density at radius 2 is 2.00 bits per heavy atom. The molecule has 11 nitrogen and oxygen atoms in total. The third-order valence-electron chi connectivity index (χ3n) is 5.80. The SMILES string of the molecule is NC(=O)C1C2C=CC(C2)C1Nc1[nH]c(Nc2cccc(S(N)(=O)=O)c2)nc2ncnc1-2. The van der Waals surface area contributed by atoms with Crippen LogP contribution in [0.2, 0.25) is 0 Å². The first-order chi connectivity index (χ1) is 14.8. The monoisotopic (exact) mass is 440 g/mol. The number of carbonyl (C=O) groups excluding carboxylic acids is 1. The number of nitrogens with two attached hydrogens (primary N) is 2. The minimum atomic E-state index is -3.84. The molecule has 2 aliphatic carbocycles. The maximum atomic E-state index is 12.1. The van der Waals surface area contributed by atoms with Gasteiger partial charge in [-0.3, -0.25) is 4.79 Å². The zero-order chi connectivity index (χ0) is 21.8. The Bertz CT molecular complexity index is 1270. The number of amides is 1. The first-order valence-corrected chi connectivity index (χ1v) is 11.2. The van der Waals surface area contributed by atoms with E-state index in [4.69, 9.17) is 10.9 Å². The summed E-state index contributed by atoms with van der Waals surface area (Å²) in [6.45, 7) is 0. The van der Waals surface area contributed by atoms with Crippen LogP contribution in [0.5, 0.6) is 0 Å². The first kappa shape index (κ1) is 19.5. The quantitative estimate of drug-likeness (QED) is 0.348. The van der Waals surface area contributed by atoms with Gasteiger partial charge in [-0.05, 0) is 36.5 Å². The molecule has 160 valence electrons. The predicted octanol–water partition coefficient (Wildman–Crippen LogP) is 0.783. The van der Waals surface area contributed by atoms with Crippen molar-refractivity contribution in [2.45, 2.75) is 17.4 Å². The third-order valence-corrected chi connectivity index (χ3v) is 6.71. The number of imidazole rings is 1. The number of primary sulfonamides is 1. The van der Waals surface area contributed by atoms with Gasteiger partial charge in [0.15, 0.2) is 5.82 Å². The van der Waals surface area contributed by atoms with E-state index in [2.05, 4.69) is 42.7 Å². The molecule has 4 atom stereocenters. The molecule has 1 aromatic carbocycles. The number of carbonyl (C=O) groups is 1. The lowest BCUT2D eigenvalue weighted by Gasteiger charge is -2.28. The average molecular weight is 440 g/mol. The van der Waals surface area contributed by atoms with Gasteiger partial charge in [0.2, 0.25) is 21.9 Å². The minimum absolute atomic E-state index is 0.0249. The Hall–Kier alpha value is -3.51. The van der Waals surface area contributed by atoms with Crippen LogP contribution in [0.1, 0.15) is 6.42 Å². The summed E-state index contributed by atoms with van der Waals surface area (Å²) in [5.41, 5.74) is 6.66. The van der Waals surface area contributed by atoms with E-state index in [-0.39, 0.29) is 34.6 Å². The van der Waals surface area contributed by atoms with Gasteiger partial charge in [0.1, 0.15) is 17.8 Å². The molecular weight excluding hydrogens is 420 g/mol. The van der Waals surface area contributed by atoms with Gasteiger partial charge in [-0.25, -0.2) is 23.5 Å². The number of nitrogens with one attached hydrogen (secondary N) is 3. The number of rotatable bonds is 6. The molecule has 1 fully saturated rings. The van der Waals surface area contributed by atoms with Crippen LogP contribution >= 0.6 is 0 Å². The molecule has 2 bridgehead atoms. The van der Waals surface area contributed by atoms with Crippen molar-refractivity contribution in [2.75, 3.05) is 10.6 Å². The van der Waals surface area contributed by atoms with Crippen LogP contribution in [-0.4, -0.2) is 40.3 Å². The zero-order valence-corrected chi connectivity index (χ0v) is 17.0. The van der Waals surface area contributed by atoms with E-state index in [0.29, 0.717) is 29.0 Å². The van der Waals surface area contributed by atoms with Gasteiger partial charge in [0, 0.05) is 11.7 Å². The van der Waals surface area contributed by atoms with Crippen molar-refractivity contribution >= 4 is 33.4 Å². The van der Waals surface area contributed by atoms with Gasteiger partial charge >= 0.3 is 0 Å². The van der Waals surface area contributed by atoms with E-state index in [9.17, 15) is 13.2 Å². The second-order valence-corrected chi connectivity index (χ2v) is 9.31. The van der Waals surface area contributed by atoms with Crippen LogP contribution in [-0.2, 0) is 14.8 Å². The standard InChI is InChI=1S/C19H20N8O3S/c20-16(28)13-9-4-5-10(6-9)14(13)25-18-15-17(23-8-22-15)26-19(27-18)24-11-2-1-3-12(7-11)31(21,29)30/h1-5,7-10,13-14H,6H2,(H2,20,28)(H2,21,29,30)(H3,22,23,24,25,26,27). The average Bonchev–Trinajstić information content (AvgIpc) is 3.43. The fourth-order valence-corrected chi connectivity index (χ4v) is 5.01. The number of primary amides is 1. The van der Waals surface area contributed by atoms with Crippen molar-refractivity contribution in [3.05, 3.63) is 42.7 Å². The number of hydrogen-bond donors (Lipinski definition) is 5. The van der Waals surface area contributed by atoms with E-state index in [1.165, 1.54) is 18.5 Å². The lowest BCUT2D eigenvalue weighted by molar-refractivity contribution is -0.122.